The average molecular weight is 393 g/mol. The van der Waals surface area contributed by atoms with E-state index in [1.165, 1.54) is 45.7 Å². The van der Waals surface area contributed by atoms with Gasteiger partial charge in [0.1, 0.15) is 5.75 Å². The molecule has 0 N–H and O–H groups in total. The third-order valence-corrected chi connectivity index (χ3v) is 5.71. The van der Waals surface area contributed by atoms with E-state index >= 15 is 0 Å². The molecule has 3 heteroatoms. The predicted octanol–water partition coefficient (Wildman–Crippen LogP) is 6.28. The van der Waals surface area contributed by atoms with Gasteiger partial charge in [0, 0.05) is 18.0 Å². The van der Waals surface area contributed by atoms with Crippen LogP contribution in [0, 0.1) is 0 Å². The topological polar surface area (TPSA) is 30.7 Å². The second-order valence-corrected chi connectivity index (χ2v) is 7.68. The molecule has 148 valence electrons. The van der Waals surface area contributed by atoms with Crippen LogP contribution in [0.15, 0.2) is 78.9 Å². The number of nitrogens with zero attached hydrogens (tertiary/aromatic N) is 1. The van der Waals surface area contributed by atoms with Crippen molar-refractivity contribution >= 4 is 22.5 Å². The molecule has 0 fully saturated rings. The molecule has 0 radical (unpaired) electrons. The van der Waals surface area contributed by atoms with E-state index in [-0.39, 0.29) is 5.97 Å². The number of aromatic nitrogens is 1. The van der Waals surface area contributed by atoms with Crippen molar-refractivity contribution in [2.45, 2.75) is 26.7 Å². The molecule has 5 aromatic rings. The largest absolute Gasteiger partial charge is 0.427 e. The molecule has 0 atom stereocenters. The second kappa shape index (κ2) is 7.34. The van der Waals surface area contributed by atoms with Gasteiger partial charge >= 0.3 is 5.97 Å². The Morgan fingerprint density at radius 1 is 0.933 bits per heavy atom. The molecule has 3 heterocycles. The number of carbonyl (C=O) groups excluding carboxylic acids is 1. The van der Waals surface area contributed by atoms with Gasteiger partial charge in [0.05, 0.1) is 11.0 Å². The van der Waals surface area contributed by atoms with E-state index in [0.717, 1.165) is 18.4 Å². The van der Waals surface area contributed by atoms with Crippen molar-refractivity contribution in [3.05, 3.63) is 95.6 Å². The first-order valence-corrected chi connectivity index (χ1v) is 10.4. The van der Waals surface area contributed by atoms with Crippen LogP contribution < -0.4 is 4.74 Å². The molecule has 0 amide bonds. The first-order valence-electron chi connectivity index (χ1n) is 10.4. The highest BCUT2D eigenvalue weighted by molar-refractivity contribution is 5.97. The highest BCUT2D eigenvalue weighted by atomic mass is 16.5. The maximum atomic E-state index is 11.3. The number of esters is 1. The van der Waals surface area contributed by atoms with Gasteiger partial charge in [-0.15, -0.1) is 0 Å². The van der Waals surface area contributed by atoms with Crippen LogP contribution in [0.2, 0.25) is 0 Å². The Kier molecular flexibility index (Phi) is 4.51. The highest BCUT2D eigenvalue weighted by Gasteiger charge is 2.21. The van der Waals surface area contributed by atoms with Crippen molar-refractivity contribution < 1.29 is 9.53 Å². The van der Waals surface area contributed by atoms with Crippen LogP contribution in [0.3, 0.4) is 0 Å². The first-order chi connectivity index (χ1) is 14.7. The zero-order chi connectivity index (χ0) is 20.7. The summed E-state index contributed by atoms with van der Waals surface area (Å²) in [6.07, 6.45) is 1.84. The second-order valence-electron chi connectivity index (χ2n) is 7.68. The molecule has 0 aliphatic heterocycles. The van der Waals surface area contributed by atoms with Crippen LogP contribution in [0.1, 0.15) is 30.5 Å². The van der Waals surface area contributed by atoms with Crippen LogP contribution in [0.5, 0.6) is 5.75 Å². The number of pyridine rings is 1. The van der Waals surface area contributed by atoms with Gasteiger partial charge in [-0.3, -0.25) is 4.79 Å². The van der Waals surface area contributed by atoms with Gasteiger partial charge < -0.3 is 9.14 Å². The highest BCUT2D eigenvalue weighted by Crippen LogP contribution is 2.40. The van der Waals surface area contributed by atoms with Crippen LogP contribution in [0.4, 0.5) is 0 Å². The van der Waals surface area contributed by atoms with Crippen LogP contribution in [-0.4, -0.2) is 10.4 Å². The molecule has 0 saturated heterocycles. The molecule has 0 aliphatic rings. The van der Waals surface area contributed by atoms with E-state index in [2.05, 4.69) is 78.1 Å². The molecule has 30 heavy (non-hydrogen) atoms. The number of carbonyl (C=O) groups is 1. The lowest BCUT2D eigenvalue weighted by Gasteiger charge is -2.08. The van der Waals surface area contributed by atoms with Crippen molar-refractivity contribution in [2.75, 3.05) is 0 Å². The van der Waals surface area contributed by atoms with Gasteiger partial charge in [-0.05, 0) is 65.4 Å². The normalized spacial score (nSPS) is 11.4. The molecule has 0 spiro atoms. The summed E-state index contributed by atoms with van der Waals surface area (Å²) in [5.41, 5.74) is 10.2. The van der Waals surface area contributed by atoms with E-state index in [9.17, 15) is 4.79 Å². The Morgan fingerprint density at radius 3 is 2.40 bits per heavy atom. The lowest BCUT2D eigenvalue weighted by atomic mass is 9.96. The van der Waals surface area contributed by atoms with E-state index in [1.54, 1.807) is 0 Å². The number of hydrogen-bond donors (Lipinski definition) is 0. The van der Waals surface area contributed by atoms with Crippen LogP contribution in [0.25, 0.3) is 27.7 Å². The molecule has 0 unspecified atom stereocenters. The van der Waals surface area contributed by atoms with Crippen LogP contribution in [-0.2, 0) is 17.6 Å². The molecular formula is C27H23NO2. The standard InChI is InChI=1S/C27H23NO2/c1-3-24-25-11-7-10-22-17-21(16-19-8-5-4-6-9-19)27(28(22)25)26(24)20-12-14-23(15-13-20)30-18(2)29/h4-15,17H,3,16H2,1-2H3. The summed E-state index contributed by atoms with van der Waals surface area (Å²) in [4.78, 5) is 11.3. The third-order valence-electron chi connectivity index (χ3n) is 5.71. The van der Waals surface area contributed by atoms with E-state index in [4.69, 9.17) is 4.74 Å². The molecule has 5 rings (SSSR count). The first kappa shape index (κ1) is 18.4. The quantitative estimate of drug-likeness (QED) is 0.260. The summed E-state index contributed by atoms with van der Waals surface area (Å²) in [6, 6.07) is 27.3. The summed E-state index contributed by atoms with van der Waals surface area (Å²) < 4.78 is 7.63. The molecule has 0 aliphatic carbocycles. The number of rotatable bonds is 5. The van der Waals surface area contributed by atoms with Gasteiger partial charge in [-0.2, -0.15) is 0 Å². The molecular weight excluding hydrogens is 370 g/mol. The Balaban J connectivity index is 1.73. The average Bonchev–Trinajstić information content (AvgIpc) is 3.28. The molecule has 2 aromatic carbocycles. The zero-order valence-electron chi connectivity index (χ0n) is 17.2. The SMILES string of the molecule is CCc1c(-c2ccc(OC(C)=O)cc2)c2c(Cc3ccccc3)cc3cccc1n32. The maximum absolute atomic E-state index is 11.3. The minimum Gasteiger partial charge on any atom is -0.427 e. The van der Waals surface area contributed by atoms with Crippen molar-refractivity contribution in [1.82, 2.24) is 4.40 Å². The number of ether oxygens (including phenoxy) is 1. The summed E-state index contributed by atoms with van der Waals surface area (Å²) >= 11 is 0. The van der Waals surface area contributed by atoms with E-state index < -0.39 is 0 Å². The summed E-state index contributed by atoms with van der Waals surface area (Å²) in [7, 11) is 0. The van der Waals surface area contributed by atoms with Crippen molar-refractivity contribution in [2.24, 2.45) is 0 Å². The predicted molar refractivity (Wildman–Crippen MR) is 121 cm³/mol. The summed E-state index contributed by atoms with van der Waals surface area (Å²) in [6.45, 7) is 3.64. The third kappa shape index (κ3) is 3.03. The fourth-order valence-corrected chi connectivity index (χ4v) is 4.53. The zero-order valence-corrected chi connectivity index (χ0v) is 17.2. The van der Waals surface area contributed by atoms with Gasteiger partial charge in [0.15, 0.2) is 0 Å². The fourth-order valence-electron chi connectivity index (χ4n) is 4.53. The number of aryl methyl sites for hydroxylation is 1. The Hall–Kier alpha value is -3.59. The molecule has 0 bridgehead atoms. The smallest absolute Gasteiger partial charge is 0.308 e. The molecule has 3 aromatic heterocycles. The molecule has 0 saturated carbocycles. The van der Waals surface area contributed by atoms with Crippen molar-refractivity contribution in [3.63, 3.8) is 0 Å². The maximum Gasteiger partial charge on any atom is 0.308 e. The van der Waals surface area contributed by atoms with Gasteiger partial charge in [-0.1, -0.05) is 55.5 Å². The van der Waals surface area contributed by atoms with Crippen molar-refractivity contribution in [1.29, 1.82) is 0 Å². The van der Waals surface area contributed by atoms with Gasteiger partial charge in [0.25, 0.3) is 0 Å². The Morgan fingerprint density at radius 2 is 1.70 bits per heavy atom. The number of benzene rings is 2. The Bertz CT molecular complexity index is 1330. The minimum atomic E-state index is -0.303. The Labute approximate surface area is 175 Å². The lowest BCUT2D eigenvalue weighted by Crippen LogP contribution is -2.00. The number of hydrogen-bond acceptors (Lipinski definition) is 2. The molecule has 3 nitrogen and oxygen atoms in total. The van der Waals surface area contributed by atoms with Crippen molar-refractivity contribution in [3.8, 4) is 16.9 Å². The lowest BCUT2D eigenvalue weighted by molar-refractivity contribution is -0.131. The minimum absolute atomic E-state index is 0.303. The van der Waals surface area contributed by atoms with Gasteiger partial charge in [0.2, 0.25) is 0 Å². The monoisotopic (exact) mass is 393 g/mol. The van der Waals surface area contributed by atoms with Crippen LogP contribution >= 0.6 is 0 Å². The summed E-state index contributed by atoms with van der Waals surface area (Å²) in [5.74, 6) is 0.271. The van der Waals surface area contributed by atoms with Gasteiger partial charge in [-0.25, -0.2) is 0 Å². The fraction of sp³-hybridized carbons (Fsp3) is 0.148. The van der Waals surface area contributed by atoms with E-state index in [1.807, 2.05) is 12.1 Å². The van der Waals surface area contributed by atoms with E-state index in [0.29, 0.717) is 5.75 Å². The summed E-state index contributed by atoms with van der Waals surface area (Å²) in [5, 5.41) is 0.